The molecule has 4 heteroatoms. The molecule has 0 aliphatic heterocycles. The van der Waals surface area contributed by atoms with Crippen LogP contribution in [-0.4, -0.2) is 27.4 Å². The lowest BCUT2D eigenvalue weighted by atomic mass is 10.0. The highest BCUT2D eigenvalue weighted by Crippen LogP contribution is 2.13. The summed E-state index contributed by atoms with van der Waals surface area (Å²) in [6.07, 6.45) is 4.97. The molecule has 0 unspecified atom stereocenters. The second kappa shape index (κ2) is 6.57. The second-order valence-corrected chi connectivity index (χ2v) is 5.63. The van der Waals surface area contributed by atoms with Crippen LogP contribution in [0.1, 0.15) is 28.9 Å². The smallest absolute Gasteiger partial charge is 0.223 e. The molecular formula is C17H23N3O. The zero-order valence-corrected chi connectivity index (χ0v) is 13.3. The van der Waals surface area contributed by atoms with Gasteiger partial charge in [-0.3, -0.25) is 4.79 Å². The molecule has 0 atom stereocenters. The molecule has 0 radical (unpaired) electrons. The molecule has 0 saturated heterocycles. The van der Waals surface area contributed by atoms with E-state index in [1.807, 2.05) is 24.9 Å². The third-order valence-electron chi connectivity index (χ3n) is 3.83. The normalized spacial score (nSPS) is 10.7. The van der Waals surface area contributed by atoms with Gasteiger partial charge in [0.1, 0.15) is 5.82 Å². The Balaban J connectivity index is 1.90. The fourth-order valence-electron chi connectivity index (χ4n) is 2.41. The van der Waals surface area contributed by atoms with Gasteiger partial charge in [-0.2, -0.15) is 0 Å². The van der Waals surface area contributed by atoms with Crippen LogP contribution in [-0.2, 0) is 24.8 Å². The fraction of sp³-hybridized carbons (Fsp3) is 0.412. The number of imidazole rings is 1. The Morgan fingerprint density at radius 2 is 2.10 bits per heavy atom. The fourth-order valence-corrected chi connectivity index (χ4v) is 2.41. The molecule has 0 spiro atoms. The minimum atomic E-state index is 0.151. The molecule has 21 heavy (non-hydrogen) atoms. The van der Waals surface area contributed by atoms with Crippen molar-refractivity contribution in [1.82, 2.24) is 14.5 Å². The van der Waals surface area contributed by atoms with E-state index in [9.17, 15) is 4.79 Å². The molecule has 1 amide bonds. The van der Waals surface area contributed by atoms with Crippen LogP contribution >= 0.6 is 0 Å². The summed E-state index contributed by atoms with van der Waals surface area (Å²) in [7, 11) is 3.77. The average Bonchev–Trinajstić information content (AvgIpc) is 2.83. The van der Waals surface area contributed by atoms with Crippen molar-refractivity contribution in [3.8, 4) is 0 Å². The Bertz CT molecular complexity index is 631. The van der Waals surface area contributed by atoms with Gasteiger partial charge in [0.2, 0.25) is 5.91 Å². The number of aromatic nitrogens is 2. The van der Waals surface area contributed by atoms with Crippen LogP contribution in [0.3, 0.4) is 0 Å². The number of hydrogen-bond donors (Lipinski definition) is 0. The summed E-state index contributed by atoms with van der Waals surface area (Å²) in [6, 6.07) is 6.39. The molecule has 4 nitrogen and oxygen atoms in total. The molecule has 0 N–H and O–H groups in total. The third-order valence-corrected chi connectivity index (χ3v) is 3.83. The van der Waals surface area contributed by atoms with E-state index in [4.69, 9.17) is 0 Å². The first-order chi connectivity index (χ1) is 9.97. The maximum Gasteiger partial charge on any atom is 0.223 e. The summed E-state index contributed by atoms with van der Waals surface area (Å²) >= 11 is 0. The van der Waals surface area contributed by atoms with E-state index in [1.165, 1.54) is 16.7 Å². The number of nitrogens with zero attached hydrogens (tertiary/aromatic N) is 3. The number of rotatable bonds is 5. The predicted octanol–water partition coefficient (Wildman–Crippen LogP) is 2.63. The minimum Gasteiger partial charge on any atom is -0.338 e. The van der Waals surface area contributed by atoms with E-state index >= 15 is 0 Å². The first-order valence-electron chi connectivity index (χ1n) is 7.23. The molecule has 2 rings (SSSR count). The highest BCUT2D eigenvalue weighted by molar-refractivity contribution is 5.76. The number of aryl methyl sites for hydroxylation is 4. The van der Waals surface area contributed by atoms with Crippen LogP contribution < -0.4 is 0 Å². The van der Waals surface area contributed by atoms with Gasteiger partial charge in [0, 0.05) is 32.9 Å². The van der Waals surface area contributed by atoms with Crippen molar-refractivity contribution < 1.29 is 4.79 Å². The van der Waals surface area contributed by atoms with Crippen LogP contribution in [0.5, 0.6) is 0 Å². The number of carbonyl (C=O) groups excluding carboxylic acids is 1. The van der Waals surface area contributed by atoms with E-state index in [1.54, 1.807) is 11.1 Å². The van der Waals surface area contributed by atoms with Crippen molar-refractivity contribution in [2.24, 2.45) is 7.05 Å². The first kappa shape index (κ1) is 15.3. The van der Waals surface area contributed by atoms with E-state index < -0.39 is 0 Å². The molecular weight excluding hydrogens is 262 g/mol. The topological polar surface area (TPSA) is 38.1 Å². The van der Waals surface area contributed by atoms with Crippen molar-refractivity contribution >= 4 is 5.91 Å². The van der Waals surface area contributed by atoms with Crippen molar-refractivity contribution in [3.05, 3.63) is 53.1 Å². The van der Waals surface area contributed by atoms with Crippen LogP contribution in [0, 0.1) is 13.8 Å². The molecule has 0 fully saturated rings. The Morgan fingerprint density at radius 3 is 2.71 bits per heavy atom. The van der Waals surface area contributed by atoms with Crippen molar-refractivity contribution in [2.75, 3.05) is 7.05 Å². The molecule has 1 aromatic heterocycles. The maximum atomic E-state index is 12.2. The summed E-state index contributed by atoms with van der Waals surface area (Å²) in [5.74, 6) is 1.05. The summed E-state index contributed by atoms with van der Waals surface area (Å²) in [6.45, 7) is 4.74. The van der Waals surface area contributed by atoms with E-state index in [2.05, 4.69) is 37.0 Å². The quantitative estimate of drug-likeness (QED) is 0.847. The van der Waals surface area contributed by atoms with Gasteiger partial charge in [-0.15, -0.1) is 0 Å². The van der Waals surface area contributed by atoms with E-state index in [0.29, 0.717) is 13.0 Å². The Hall–Kier alpha value is -2.10. The van der Waals surface area contributed by atoms with Crippen LogP contribution in [0.25, 0.3) is 0 Å². The van der Waals surface area contributed by atoms with Gasteiger partial charge in [0.25, 0.3) is 0 Å². The lowest BCUT2D eigenvalue weighted by molar-refractivity contribution is -0.130. The monoisotopic (exact) mass is 285 g/mol. The Labute approximate surface area is 126 Å². The summed E-state index contributed by atoms with van der Waals surface area (Å²) in [5.41, 5.74) is 3.77. The van der Waals surface area contributed by atoms with Gasteiger partial charge in [0.05, 0.1) is 6.54 Å². The Morgan fingerprint density at radius 1 is 1.33 bits per heavy atom. The standard InChI is InChI=1S/C17H23N3O/c1-13-5-6-15(14(2)11-13)7-8-17(21)20(4)12-16-18-9-10-19(16)3/h5-6,9-11H,7-8,12H2,1-4H3. The molecule has 2 aromatic rings. The maximum absolute atomic E-state index is 12.2. The average molecular weight is 285 g/mol. The minimum absolute atomic E-state index is 0.151. The summed E-state index contributed by atoms with van der Waals surface area (Å²) in [5, 5.41) is 0. The predicted molar refractivity (Wildman–Crippen MR) is 83.9 cm³/mol. The highest BCUT2D eigenvalue weighted by atomic mass is 16.2. The van der Waals surface area contributed by atoms with Crippen molar-refractivity contribution in [3.63, 3.8) is 0 Å². The summed E-state index contributed by atoms with van der Waals surface area (Å²) in [4.78, 5) is 18.2. The largest absolute Gasteiger partial charge is 0.338 e. The number of benzene rings is 1. The molecule has 0 aliphatic rings. The van der Waals surface area contributed by atoms with E-state index in [0.717, 1.165) is 12.2 Å². The van der Waals surface area contributed by atoms with Crippen LogP contribution in [0.4, 0.5) is 0 Å². The SMILES string of the molecule is Cc1ccc(CCC(=O)N(C)Cc2nccn2C)c(C)c1. The Kier molecular flexibility index (Phi) is 4.78. The number of carbonyl (C=O) groups is 1. The molecule has 112 valence electrons. The lowest BCUT2D eigenvalue weighted by Gasteiger charge is -2.17. The lowest BCUT2D eigenvalue weighted by Crippen LogP contribution is -2.27. The molecule has 1 aromatic carbocycles. The number of amides is 1. The van der Waals surface area contributed by atoms with Gasteiger partial charge in [-0.05, 0) is 31.4 Å². The number of hydrogen-bond acceptors (Lipinski definition) is 2. The molecule has 0 bridgehead atoms. The van der Waals surface area contributed by atoms with Gasteiger partial charge >= 0.3 is 0 Å². The van der Waals surface area contributed by atoms with Crippen LogP contribution in [0.2, 0.25) is 0 Å². The second-order valence-electron chi connectivity index (χ2n) is 5.63. The highest BCUT2D eigenvalue weighted by Gasteiger charge is 2.12. The molecule has 0 aliphatic carbocycles. The van der Waals surface area contributed by atoms with Gasteiger partial charge in [-0.25, -0.2) is 4.98 Å². The molecule has 1 heterocycles. The van der Waals surface area contributed by atoms with Gasteiger partial charge in [0.15, 0.2) is 0 Å². The molecule has 0 saturated carbocycles. The van der Waals surface area contributed by atoms with E-state index in [-0.39, 0.29) is 5.91 Å². The van der Waals surface area contributed by atoms with Crippen LogP contribution in [0.15, 0.2) is 30.6 Å². The zero-order valence-electron chi connectivity index (χ0n) is 13.3. The first-order valence-corrected chi connectivity index (χ1v) is 7.23. The summed E-state index contributed by atoms with van der Waals surface area (Å²) < 4.78 is 1.94. The third kappa shape index (κ3) is 3.94. The zero-order chi connectivity index (χ0) is 15.4. The van der Waals surface area contributed by atoms with Gasteiger partial charge < -0.3 is 9.47 Å². The van der Waals surface area contributed by atoms with Gasteiger partial charge in [-0.1, -0.05) is 23.8 Å². The van der Waals surface area contributed by atoms with Crippen molar-refractivity contribution in [1.29, 1.82) is 0 Å². The van der Waals surface area contributed by atoms with Crippen molar-refractivity contribution in [2.45, 2.75) is 33.2 Å².